The number of phenols is 1. The Kier molecular flexibility index (Phi) is 11.7. The molecule has 1 atom stereocenters. The van der Waals surface area contributed by atoms with Crippen LogP contribution in [0.1, 0.15) is 137 Å². The van der Waals surface area contributed by atoms with Crippen molar-refractivity contribution in [1.29, 1.82) is 0 Å². The zero-order valence-corrected chi connectivity index (χ0v) is 24.1. The summed E-state index contributed by atoms with van der Waals surface area (Å²) >= 11 is 0. The van der Waals surface area contributed by atoms with Crippen molar-refractivity contribution in [2.24, 2.45) is 11.3 Å². The zero-order chi connectivity index (χ0) is 26.2. The second-order valence-corrected chi connectivity index (χ2v) is 13.1. The number of aryl methyl sites for hydroxylation is 1. The van der Waals surface area contributed by atoms with Crippen molar-refractivity contribution in [3.8, 4) is 5.75 Å². The number of aromatic hydroxyl groups is 1. The van der Waals surface area contributed by atoms with Crippen LogP contribution < -0.4 is 0 Å². The molecule has 0 aromatic heterocycles. The third kappa shape index (κ3) is 10.0. The first-order valence-electron chi connectivity index (χ1n) is 13.7. The summed E-state index contributed by atoms with van der Waals surface area (Å²) in [5.74, 6) is 0.885. The lowest BCUT2D eigenvalue weighted by Crippen LogP contribution is -2.24. The van der Waals surface area contributed by atoms with Crippen LogP contribution in [-0.4, -0.2) is 17.7 Å². The Labute approximate surface area is 211 Å². The van der Waals surface area contributed by atoms with Crippen molar-refractivity contribution in [3.63, 3.8) is 0 Å². The molecular formula is C31H54O3. The van der Waals surface area contributed by atoms with E-state index in [-0.39, 0.29) is 22.2 Å². The third-order valence-corrected chi connectivity index (χ3v) is 7.06. The Morgan fingerprint density at radius 1 is 0.971 bits per heavy atom. The van der Waals surface area contributed by atoms with Gasteiger partial charge in [0.05, 0.1) is 6.61 Å². The molecular weight excluding hydrogens is 420 g/mol. The third-order valence-electron chi connectivity index (χ3n) is 7.06. The van der Waals surface area contributed by atoms with E-state index in [1.54, 1.807) is 0 Å². The van der Waals surface area contributed by atoms with Crippen LogP contribution in [0.4, 0.5) is 0 Å². The number of rotatable bonds is 14. The molecule has 0 aliphatic rings. The van der Waals surface area contributed by atoms with Gasteiger partial charge >= 0.3 is 5.97 Å². The number of benzene rings is 1. The minimum Gasteiger partial charge on any atom is -0.507 e. The van der Waals surface area contributed by atoms with Gasteiger partial charge in [0.1, 0.15) is 5.75 Å². The van der Waals surface area contributed by atoms with Gasteiger partial charge in [-0.2, -0.15) is 0 Å². The molecule has 0 saturated carbocycles. The highest BCUT2D eigenvalue weighted by molar-refractivity contribution is 5.69. The van der Waals surface area contributed by atoms with E-state index in [4.69, 9.17) is 4.74 Å². The molecule has 0 aliphatic carbocycles. The number of ether oxygens (including phenoxy) is 1. The highest BCUT2D eigenvalue weighted by atomic mass is 16.5. The summed E-state index contributed by atoms with van der Waals surface area (Å²) in [5, 5.41) is 11.3. The van der Waals surface area contributed by atoms with Gasteiger partial charge in [-0.3, -0.25) is 4.79 Å². The molecule has 3 heteroatoms. The van der Waals surface area contributed by atoms with Crippen LogP contribution >= 0.6 is 0 Å². The number of carbonyl (C=O) groups is 1. The van der Waals surface area contributed by atoms with E-state index in [0.29, 0.717) is 31.1 Å². The van der Waals surface area contributed by atoms with Crippen LogP contribution in [0.3, 0.4) is 0 Å². The van der Waals surface area contributed by atoms with Gasteiger partial charge in [-0.15, -0.1) is 0 Å². The van der Waals surface area contributed by atoms with Crippen LogP contribution in [0.25, 0.3) is 0 Å². The quantitative estimate of drug-likeness (QED) is 0.274. The molecule has 0 aliphatic heterocycles. The van der Waals surface area contributed by atoms with Gasteiger partial charge < -0.3 is 9.84 Å². The first kappa shape index (κ1) is 30.5. The van der Waals surface area contributed by atoms with Crippen molar-refractivity contribution in [1.82, 2.24) is 0 Å². The van der Waals surface area contributed by atoms with Crippen molar-refractivity contribution in [2.45, 2.75) is 138 Å². The van der Waals surface area contributed by atoms with Crippen LogP contribution in [0.2, 0.25) is 0 Å². The van der Waals surface area contributed by atoms with Crippen molar-refractivity contribution in [2.75, 3.05) is 6.61 Å². The highest BCUT2D eigenvalue weighted by Gasteiger charge is 2.30. The summed E-state index contributed by atoms with van der Waals surface area (Å²) in [7, 11) is 0. The summed E-state index contributed by atoms with van der Waals surface area (Å²) in [6.07, 6.45) is 9.08. The van der Waals surface area contributed by atoms with Gasteiger partial charge in [0.25, 0.3) is 0 Å². The smallest absolute Gasteiger partial charge is 0.306 e. The lowest BCUT2D eigenvalue weighted by molar-refractivity contribution is -0.146. The summed E-state index contributed by atoms with van der Waals surface area (Å²) in [4.78, 5) is 12.5. The molecule has 0 amide bonds. The van der Waals surface area contributed by atoms with Crippen LogP contribution in [0, 0.1) is 11.3 Å². The fraction of sp³-hybridized carbons (Fsp3) is 0.774. The van der Waals surface area contributed by atoms with Gasteiger partial charge in [0.15, 0.2) is 0 Å². The minimum atomic E-state index is -0.178. The summed E-state index contributed by atoms with van der Waals surface area (Å²) < 4.78 is 5.65. The fourth-order valence-electron chi connectivity index (χ4n) is 4.88. The van der Waals surface area contributed by atoms with Crippen LogP contribution in [-0.2, 0) is 26.8 Å². The number of hydrogen-bond acceptors (Lipinski definition) is 3. The maximum absolute atomic E-state index is 12.5. The van der Waals surface area contributed by atoms with E-state index in [1.807, 2.05) is 0 Å². The molecule has 1 N–H and O–H groups in total. The number of unbranched alkanes of at least 4 members (excludes halogenated alkanes) is 2. The second kappa shape index (κ2) is 13.0. The molecule has 0 saturated heterocycles. The maximum Gasteiger partial charge on any atom is 0.306 e. The Bertz CT molecular complexity index is 768. The van der Waals surface area contributed by atoms with E-state index in [2.05, 4.69) is 81.4 Å². The average Bonchev–Trinajstić information content (AvgIpc) is 2.72. The molecule has 0 bridgehead atoms. The molecule has 1 aromatic rings. The van der Waals surface area contributed by atoms with E-state index >= 15 is 0 Å². The fourth-order valence-corrected chi connectivity index (χ4v) is 4.88. The summed E-state index contributed by atoms with van der Waals surface area (Å²) in [5.41, 5.74) is 2.78. The van der Waals surface area contributed by atoms with E-state index in [9.17, 15) is 9.90 Å². The molecule has 34 heavy (non-hydrogen) atoms. The number of carbonyl (C=O) groups excluding carboxylic acids is 1. The second-order valence-electron chi connectivity index (χ2n) is 13.1. The normalized spacial score (nSPS) is 13.7. The highest BCUT2D eigenvalue weighted by Crippen LogP contribution is 2.43. The van der Waals surface area contributed by atoms with Gasteiger partial charge in [0.2, 0.25) is 0 Å². The number of hydrogen-bond donors (Lipinski definition) is 1. The summed E-state index contributed by atoms with van der Waals surface area (Å²) in [6.45, 7) is 22.5. The van der Waals surface area contributed by atoms with E-state index in [1.165, 1.54) is 19.3 Å². The van der Waals surface area contributed by atoms with Crippen molar-refractivity contribution in [3.05, 3.63) is 28.8 Å². The molecule has 196 valence electrons. The molecule has 0 fully saturated rings. The predicted molar refractivity (Wildman–Crippen MR) is 146 cm³/mol. The van der Waals surface area contributed by atoms with Crippen molar-refractivity contribution < 1.29 is 14.6 Å². The Morgan fingerprint density at radius 2 is 1.56 bits per heavy atom. The predicted octanol–water partition coefficient (Wildman–Crippen LogP) is 8.88. The molecule has 3 nitrogen and oxygen atoms in total. The zero-order valence-electron chi connectivity index (χ0n) is 24.1. The van der Waals surface area contributed by atoms with Crippen molar-refractivity contribution >= 4 is 5.97 Å². The monoisotopic (exact) mass is 474 g/mol. The van der Waals surface area contributed by atoms with Gasteiger partial charge in [-0.1, -0.05) is 113 Å². The van der Waals surface area contributed by atoms with Crippen LogP contribution in [0.5, 0.6) is 5.75 Å². The minimum absolute atomic E-state index is 0.0231. The average molecular weight is 475 g/mol. The molecule has 0 spiro atoms. The standard InChI is InChI=1S/C31H54O3/c1-11-13-15-23(3)21-31(9,10)26-20-24(19-25(28(26)33)29(4,5)6)16-17-27(32)34-22-30(7,8)18-14-12-2/h19-20,23,33H,11-18,21-22H2,1-10H3. The lowest BCUT2D eigenvalue weighted by atomic mass is 9.73. The Morgan fingerprint density at radius 3 is 2.12 bits per heavy atom. The number of phenolic OH excluding ortho intramolecular Hbond substituents is 1. The number of esters is 1. The molecule has 0 heterocycles. The summed E-state index contributed by atoms with van der Waals surface area (Å²) in [6, 6.07) is 4.23. The van der Waals surface area contributed by atoms with E-state index < -0.39 is 0 Å². The Hall–Kier alpha value is -1.51. The van der Waals surface area contributed by atoms with Gasteiger partial charge in [-0.25, -0.2) is 0 Å². The molecule has 1 unspecified atom stereocenters. The molecule has 1 rings (SSSR count). The SMILES string of the molecule is CCCCC(C)CC(C)(C)c1cc(CCC(=O)OCC(C)(C)CCCC)cc(C(C)(C)C)c1O. The topological polar surface area (TPSA) is 46.5 Å². The maximum atomic E-state index is 12.5. The lowest BCUT2D eigenvalue weighted by Gasteiger charge is -2.33. The van der Waals surface area contributed by atoms with Gasteiger partial charge in [-0.05, 0) is 52.6 Å². The first-order valence-corrected chi connectivity index (χ1v) is 13.7. The largest absolute Gasteiger partial charge is 0.507 e. The first-order chi connectivity index (χ1) is 15.6. The molecule has 0 radical (unpaired) electrons. The van der Waals surface area contributed by atoms with Gasteiger partial charge in [0, 0.05) is 12.0 Å². The Balaban J connectivity index is 3.04. The van der Waals surface area contributed by atoms with E-state index in [0.717, 1.165) is 42.4 Å². The van der Waals surface area contributed by atoms with Crippen LogP contribution in [0.15, 0.2) is 12.1 Å². The molecule has 1 aromatic carbocycles.